The van der Waals surface area contributed by atoms with Crippen LogP contribution in [0.4, 0.5) is 5.69 Å². The summed E-state index contributed by atoms with van der Waals surface area (Å²) in [5, 5.41) is 3.70. The highest BCUT2D eigenvalue weighted by Gasteiger charge is 2.32. The number of carbonyl (C=O) groups excluding carboxylic acids is 3. The second-order valence-corrected chi connectivity index (χ2v) is 5.00. The molecule has 1 aromatic carbocycles. The highest BCUT2D eigenvalue weighted by molar-refractivity contribution is 6.06. The van der Waals surface area contributed by atoms with Crippen LogP contribution in [0.2, 0.25) is 0 Å². The van der Waals surface area contributed by atoms with E-state index >= 15 is 0 Å². The second kappa shape index (κ2) is 5.80. The van der Waals surface area contributed by atoms with Gasteiger partial charge in [-0.15, -0.1) is 0 Å². The SMILES string of the molecule is O=C(CCC1C(=O)NNC1=O)Nc1cccc2cccnc12. The van der Waals surface area contributed by atoms with Gasteiger partial charge in [-0.2, -0.15) is 0 Å². The topological polar surface area (TPSA) is 100 Å². The fourth-order valence-corrected chi connectivity index (χ4v) is 2.37. The molecule has 1 fully saturated rings. The number of anilines is 1. The largest absolute Gasteiger partial charge is 0.324 e. The summed E-state index contributed by atoms with van der Waals surface area (Å²) < 4.78 is 0. The maximum Gasteiger partial charge on any atom is 0.251 e. The highest BCUT2D eigenvalue weighted by atomic mass is 16.2. The van der Waals surface area contributed by atoms with Crippen LogP contribution in [0.1, 0.15) is 12.8 Å². The van der Waals surface area contributed by atoms with Crippen LogP contribution in [0, 0.1) is 5.92 Å². The van der Waals surface area contributed by atoms with Gasteiger partial charge in [-0.3, -0.25) is 30.2 Å². The normalized spacial score (nSPS) is 14.7. The maximum absolute atomic E-state index is 12.0. The van der Waals surface area contributed by atoms with Gasteiger partial charge in [0.05, 0.1) is 11.2 Å². The molecule has 2 heterocycles. The molecule has 0 bridgehead atoms. The van der Waals surface area contributed by atoms with E-state index in [-0.39, 0.29) is 18.7 Å². The molecule has 1 saturated heterocycles. The number of para-hydroxylation sites is 1. The lowest BCUT2D eigenvalue weighted by Crippen LogP contribution is -2.28. The Morgan fingerprint density at radius 2 is 1.86 bits per heavy atom. The van der Waals surface area contributed by atoms with E-state index in [9.17, 15) is 14.4 Å². The van der Waals surface area contributed by atoms with Crippen molar-refractivity contribution in [1.29, 1.82) is 0 Å². The van der Waals surface area contributed by atoms with Crippen LogP contribution in [0.15, 0.2) is 36.5 Å². The third-order valence-electron chi connectivity index (χ3n) is 3.51. The number of rotatable bonds is 4. The van der Waals surface area contributed by atoms with Gasteiger partial charge in [0.25, 0.3) is 11.8 Å². The zero-order valence-corrected chi connectivity index (χ0v) is 11.6. The van der Waals surface area contributed by atoms with Crippen molar-refractivity contribution in [2.45, 2.75) is 12.8 Å². The van der Waals surface area contributed by atoms with Crippen LogP contribution in [-0.4, -0.2) is 22.7 Å². The predicted molar refractivity (Wildman–Crippen MR) is 79.4 cm³/mol. The number of hydrogen-bond donors (Lipinski definition) is 3. The van der Waals surface area contributed by atoms with Crippen molar-refractivity contribution in [2.75, 3.05) is 5.32 Å². The van der Waals surface area contributed by atoms with Gasteiger partial charge in [0.1, 0.15) is 5.92 Å². The second-order valence-electron chi connectivity index (χ2n) is 5.00. The number of hydrazine groups is 1. The van der Waals surface area contributed by atoms with E-state index in [1.807, 2.05) is 24.3 Å². The summed E-state index contributed by atoms with van der Waals surface area (Å²) in [4.78, 5) is 39.1. The number of nitrogens with zero attached hydrogens (tertiary/aromatic N) is 1. The number of carbonyl (C=O) groups is 3. The molecule has 7 heteroatoms. The fraction of sp³-hybridized carbons (Fsp3) is 0.200. The molecule has 0 atom stereocenters. The summed E-state index contributed by atoms with van der Waals surface area (Å²) in [5.41, 5.74) is 5.79. The van der Waals surface area contributed by atoms with Crippen LogP contribution >= 0.6 is 0 Å². The molecule has 3 N–H and O–H groups in total. The summed E-state index contributed by atoms with van der Waals surface area (Å²) in [6.07, 6.45) is 1.90. The molecule has 2 aromatic rings. The molecule has 0 radical (unpaired) electrons. The van der Waals surface area contributed by atoms with Crippen LogP contribution in [-0.2, 0) is 14.4 Å². The Balaban J connectivity index is 1.66. The lowest BCUT2D eigenvalue weighted by atomic mass is 10.0. The van der Waals surface area contributed by atoms with Crippen LogP contribution in [0.3, 0.4) is 0 Å². The molecule has 7 nitrogen and oxygen atoms in total. The third-order valence-corrected chi connectivity index (χ3v) is 3.51. The van der Waals surface area contributed by atoms with E-state index < -0.39 is 17.7 Å². The van der Waals surface area contributed by atoms with E-state index in [1.165, 1.54) is 0 Å². The summed E-state index contributed by atoms with van der Waals surface area (Å²) >= 11 is 0. The van der Waals surface area contributed by atoms with Crippen molar-refractivity contribution in [1.82, 2.24) is 15.8 Å². The maximum atomic E-state index is 12.0. The van der Waals surface area contributed by atoms with Crippen molar-refractivity contribution >= 4 is 34.3 Å². The monoisotopic (exact) mass is 298 g/mol. The zero-order valence-electron chi connectivity index (χ0n) is 11.6. The Hall–Kier alpha value is -2.96. The molecule has 0 spiro atoms. The summed E-state index contributed by atoms with van der Waals surface area (Å²) in [5.74, 6) is -1.86. The Kier molecular flexibility index (Phi) is 3.69. The quantitative estimate of drug-likeness (QED) is 0.724. The molecule has 0 saturated carbocycles. The molecule has 0 unspecified atom stereocenters. The first-order valence-electron chi connectivity index (χ1n) is 6.88. The molecule has 1 aliphatic heterocycles. The molecule has 1 aliphatic rings. The first kappa shape index (κ1) is 14.0. The Labute approximate surface area is 126 Å². The van der Waals surface area contributed by atoms with Gasteiger partial charge in [0.15, 0.2) is 0 Å². The van der Waals surface area contributed by atoms with Gasteiger partial charge >= 0.3 is 0 Å². The smallest absolute Gasteiger partial charge is 0.251 e. The molecule has 3 rings (SSSR count). The van der Waals surface area contributed by atoms with E-state index in [1.54, 1.807) is 12.3 Å². The average Bonchev–Trinajstić information content (AvgIpc) is 2.84. The van der Waals surface area contributed by atoms with Gasteiger partial charge in [-0.05, 0) is 18.6 Å². The fourth-order valence-electron chi connectivity index (χ4n) is 2.37. The van der Waals surface area contributed by atoms with Crippen molar-refractivity contribution in [3.8, 4) is 0 Å². The lowest BCUT2D eigenvalue weighted by molar-refractivity contribution is -0.128. The van der Waals surface area contributed by atoms with Crippen LogP contribution in [0.5, 0.6) is 0 Å². The van der Waals surface area contributed by atoms with Gasteiger partial charge < -0.3 is 5.32 Å². The Morgan fingerprint density at radius 1 is 1.14 bits per heavy atom. The standard InChI is InChI=1S/C15H14N4O3/c20-12(7-6-10-14(21)18-19-15(10)22)17-11-5-1-3-9-4-2-8-16-13(9)11/h1-5,8,10H,6-7H2,(H,17,20)(H,18,21)(H,19,22). The number of aromatic nitrogens is 1. The highest BCUT2D eigenvalue weighted by Crippen LogP contribution is 2.21. The van der Waals surface area contributed by atoms with Crippen LogP contribution in [0.25, 0.3) is 10.9 Å². The summed E-state index contributed by atoms with van der Waals surface area (Å²) in [6, 6.07) is 9.24. The molecular formula is C15H14N4O3. The van der Waals surface area contributed by atoms with Crippen molar-refractivity contribution < 1.29 is 14.4 Å². The average molecular weight is 298 g/mol. The van der Waals surface area contributed by atoms with Crippen LogP contribution < -0.4 is 16.2 Å². The van der Waals surface area contributed by atoms with Gasteiger partial charge in [-0.25, -0.2) is 0 Å². The summed E-state index contributed by atoms with van der Waals surface area (Å²) in [6.45, 7) is 0. The zero-order chi connectivity index (χ0) is 15.5. The van der Waals surface area contributed by atoms with E-state index in [0.717, 1.165) is 5.39 Å². The minimum atomic E-state index is -0.809. The minimum absolute atomic E-state index is 0.0781. The molecule has 1 aromatic heterocycles. The number of nitrogens with one attached hydrogen (secondary N) is 3. The first-order valence-corrected chi connectivity index (χ1v) is 6.88. The summed E-state index contributed by atoms with van der Waals surface area (Å²) in [7, 11) is 0. The molecule has 22 heavy (non-hydrogen) atoms. The number of pyridine rings is 1. The van der Waals surface area contributed by atoms with E-state index in [0.29, 0.717) is 11.2 Å². The lowest BCUT2D eigenvalue weighted by Gasteiger charge is -2.08. The van der Waals surface area contributed by atoms with Gasteiger partial charge in [0, 0.05) is 18.0 Å². The molecule has 112 valence electrons. The number of amides is 3. The van der Waals surface area contributed by atoms with Crippen molar-refractivity contribution in [3.05, 3.63) is 36.5 Å². The first-order chi connectivity index (χ1) is 10.6. The molecular weight excluding hydrogens is 284 g/mol. The Morgan fingerprint density at radius 3 is 2.64 bits per heavy atom. The van der Waals surface area contributed by atoms with E-state index in [4.69, 9.17) is 0 Å². The molecule has 0 aliphatic carbocycles. The molecule has 3 amide bonds. The van der Waals surface area contributed by atoms with Crippen molar-refractivity contribution in [2.24, 2.45) is 5.92 Å². The van der Waals surface area contributed by atoms with Gasteiger partial charge in [-0.1, -0.05) is 18.2 Å². The predicted octanol–water partition coefficient (Wildman–Crippen LogP) is 0.731. The van der Waals surface area contributed by atoms with E-state index in [2.05, 4.69) is 21.2 Å². The Bertz CT molecular complexity index is 738. The number of hydrogen-bond acceptors (Lipinski definition) is 4. The minimum Gasteiger partial charge on any atom is -0.324 e. The number of fused-ring (bicyclic) bond motifs is 1. The van der Waals surface area contributed by atoms with Gasteiger partial charge in [0.2, 0.25) is 5.91 Å². The van der Waals surface area contributed by atoms with Crippen molar-refractivity contribution in [3.63, 3.8) is 0 Å². The third kappa shape index (κ3) is 2.73. The number of benzene rings is 1.